The third kappa shape index (κ3) is 1.59. The number of carbonyl (C=O) groups excluding carboxylic acids is 1. The van der Waals surface area contributed by atoms with Gasteiger partial charge in [-0.3, -0.25) is 4.79 Å². The zero-order valence-corrected chi connectivity index (χ0v) is 9.80. The Morgan fingerprint density at radius 1 is 1.29 bits per heavy atom. The molecule has 1 aromatic rings. The summed E-state index contributed by atoms with van der Waals surface area (Å²) in [6.45, 7) is 0. The van der Waals surface area contributed by atoms with Gasteiger partial charge >= 0.3 is 0 Å². The summed E-state index contributed by atoms with van der Waals surface area (Å²) >= 11 is 0. The summed E-state index contributed by atoms with van der Waals surface area (Å²) < 4.78 is 0. The van der Waals surface area contributed by atoms with E-state index in [1.807, 2.05) is 18.2 Å². The Morgan fingerprint density at radius 3 is 2.59 bits per heavy atom. The maximum absolute atomic E-state index is 11.9. The van der Waals surface area contributed by atoms with Crippen molar-refractivity contribution in [1.29, 1.82) is 0 Å². The van der Waals surface area contributed by atoms with Gasteiger partial charge in [0.1, 0.15) is 0 Å². The molecule has 1 saturated carbocycles. The number of rotatable bonds is 3. The predicted molar refractivity (Wildman–Crippen MR) is 67.1 cm³/mol. The van der Waals surface area contributed by atoms with E-state index in [1.54, 1.807) is 0 Å². The number of allylic oxidation sites excluding steroid dienone is 2. The molecule has 2 aliphatic carbocycles. The highest BCUT2D eigenvalue weighted by Crippen LogP contribution is 2.53. The molecule has 1 amide bonds. The van der Waals surface area contributed by atoms with Crippen LogP contribution >= 0.6 is 0 Å². The van der Waals surface area contributed by atoms with Crippen molar-refractivity contribution in [2.75, 3.05) is 0 Å². The molecule has 0 saturated heterocycles. The van der Waals surface area contributed by atoms with E-state index in [-0.39, 0.29) is 11.3 Å². The average Bonchev–Trinajstić information content (AvgIpc) is 2.91. The number of primary amides is 1. The van der Waals surface area contributed by atoms with E-state index in [9.17, 15) is 4.79 Å². The molecule has 17 heavy (non-hydrogen) atoms. The summed E-state index contributed by atoms with van der Waals surface area (Å²) in [6.07, 6.45) is 7.27. The Bertz CT molecular complexity index is 465. The van der Waals surface area contributed by atoms with Gasteiger partial charge in [0.2, 0.25) is 5.91 Å². The van der Waals surface area contributed by atoms with Gasteiger partial charge in [-0.1, -0.05) is 42.5 Å². The molecule has 0 radical (unpaired) electrons. The van der Waals surface area contributed by atoms with E-state index in [4.69, 9.17) is 5.73 Å². The normalized spacial score (nSPS) is 34.1. The lowest BCUT2D eigenvalue weighted by atomic mass is 9.71. The van der Waals surface area contributed by atoms with Gasteiger partial charge in [0.05, 0.1) is 5.41 Å². The summed E-state index contributed by atoms with van der Waals surface area (Å²) in [5, 5.41) is 0. The molecule has 0 unspecified atom stereocenters. The van der Waals surface area contributed by atoms with Crippen LogP contribution in [0.3, 0.4) is 0 Å². The van der Waals surface area contributed by atoms with E-state index in [0.717, 1.165) is 19.3 Å². The Labute approximate surface area is 102 Å². The monoisotopic (exact) mass is 227 g/mol. The first kappa shape index (κ1) is 10.6. The highest BCUT2D eigenvalue weighted by Gasteiger charge is 2.52. The zero-order valence-electron chi connectivity index (χ0n) is 9.80. The Morgan fingerprint density at radius 2 is 2.06 bits per heavy atom. The Kier molecular flexibility index (Phi) is 2.32. The minimum absolute atomic E-state index is 0.127. The molecule has 3 rings (SSSR count). The van der Waals surface area contributed by atoms with Gasteiger partial charge < -0.3 is 5.73 Å². The van der Waals surface area contributed by atoms with E-state index < -0.39 is 0 Å². The summed E-state index contributed by atoms with van der Waals surface area (Å²) in [5.74, 6) is 0.791. The fourth-order valence-corrected chi connectivity index (χ4v) is 3.49. The van der Waals surface area contributed by atoms with E-state index >= 15 is 0 Å². The zero-order chi connectivity index (χ0) is 11.9. The Hall–Kier alpha value is -1.57. The van der Waals surface area contributed by atoms with Crippen molar-refractivity contribution in [2.45, 2.75) is 19.3 Å². The van der Waals surface area contributed by atoms with Crippen LogP contribution in [0, 0.1) is 17.3 Å². The number of fused-ring (bicyclic) bond motifs is 2. The average molecular weight is 227 g/mol. The largest absolute Gasteiger partial charge is 0.369 e. The summed E-state index contributed by atoms with van der Waals surface area (Å²) in [4.78, 5) is 11.9. The molecule has 0 spiro atoms. The molecule has 1 aromatic carbocycles. The maximum atomic E-state index is 11.9. The predicted octanol–water partition coefficient (Wildman–Crippen LogP) is 2.30. The van der Waals surface area contributed by atoms with Crippen molar-refractivity contribution in [1.82, 2.24) is 0 Å². The molecular formula is C15H17NO. The van der Waals surface area contributed by atoms with Gasteiger partial charge in [-0.25, -0.2) is 0 Å². The van der Waals surface area contributed by atoms with Crippen LogP contribution in [0.2, 0.25) is 0 Å². The second-order valence-electron chi connectivity index (χ2n) is 5.37. The molecule has 2 heteroatoms. The third-order valence-corrected chi connectivity index (χ3v) is 4.36. The first-order chi connectivity index (χ1) is 8.21. The lowest BCUT2D eigenvalue weighted by Gasteiger charge is -2.32. The highest BCUT2D eigenvalue weighted by atomic mass is 16.1. The molecule has 0 aliphatic heterocycles. The van der Waals surface area contributed by atoms with Crippen LogP contribution in [0.4, 0.5) is 0 Å². The molecule has 2 bridgehead atoms. The molecule has 1 fully saturated rings. The molecule has 2 nitrogen and oxygen atoms in total. The third-order valence-electron chi connectivity index (χ3n) is 4.36. The number of hydrogen-bond donors (Lipinski definition) is 1. The topological polar surface area (TPSA) is 43.1 Å². The van der Waals surface area contributed by atoms with Crippen molar-refractivity contribution in [3.63, 3.8) is 0 Å². The van der Waals surface area contributed by atoms with Crippen LogP contribution in [0.1, 0.15) is 18.4 Å². The number of amides is 1. The number of nitrogens with two attached hydrogens (primary N) is 1. The second kappa shape index (κ2) is 3.73. The highest BCUT2D eigenvalue weighted by molar-refractivity contribution is 5.82. The molecule has 3 atom stereocenters. The van der Waals surface area contributed by atoms with Gasteiger partial charge in [0.15, 0.2) is 0 Å². The minimum Gasteiger partial charge on any atom is -0.369 e. The van der Waals surface area contributed by atoms with Crippen molar-refractivity contribution in [3.8, 4) is 0 Å². The molecule has 2 N–H and O–H groups in total. The van der Waals surface area contributed by atoms with Crippen molar-refractivity contribution < 1.29 is 4.79 Å². The van der Waals surface area contributed by atoms with Crippen LogP contribution in [0.15, 0.2) is 42.5 Å². The van der Waals surface area contributed by atoms with Crippen LogP contribution < -0.4 is 5.73 Å². The quantitative estimate of drug-likeness (QED) is 0.791. The molecule has 0 aromatic heterocycles. The first-order valence-corrected chi connectivity index (χ1v) is 6.23. The SMILES string of the molecule is NC(=O)[C@@]1(Cc2ccccc2)C[C@@H]2C=C[C@H]1C2. The summed E-state index contributed by atoms with van der Waals surface area (Å²) in [5.41, 5.74) is 6.58. The molecule has 2 aliphatic rings. The fraction of sp³-hybridized carbons (Fsp3) is 0.400. The number of hydrogen-bond acceptors (Lipinski definition) is 1. The number of benzene rings is 1. The van der Waals surface area contributed by atoms with Crippen molar-refractivity contribution in [2.24, 2.45) is 23.0 Å². The van der Waals surface area contributed by atoms with E-state index in [2.05, 4.69) is 24.3 Å². The van der Waals surface area contributed by atoms with Gasteiger partial charge in [-0.2, -0.15) is 0 Å². The van der Waals surface area contributed by atoms with E-state index in [1.165, 1.54) is 5.56 Å². The molecular weight excluding hydrogens is 210 g/mol. The van der Waals surface area contributed by atoms with Crippen LogP contribution in [-0.4, -0.2) is 5.91 Å². The fourth-order valence-electron chi connectivity index (χ4n) is 3.49. The van der Waals surface area contributed by atoms with Crippen LogP contribution in [0.25, 0.3) is 0 Å². The van der Waals surface area contributed by atoms with E-state index in [0.29, 0.717) is 11.8 Å². The smallest absolute Gasteiger partial charge is 0.224 e. The van der Waals surface area contributed by atoms with Crippen molar-refractivity contribution >= 4 is 5.91 Å². The summed E-state index contributed by atoms with van der Waals surface area (Å²) in [7, 11) is 0. The van der Waals surface area contributed by atoms with Crippen LogP contribution in [0.5, 0.6) is 0 Å². The lowest BCUT2D eigenvalue weighted by Crippen LogP contribution is -2.42. The standard InChI is InChI=1S/C15H17NO/c16-14(17)15(9-11-4-2-1-3-5-11)10-12-6-7-13(15)8-12/h1-7,12-13H,8-10H2,(H2,16,17)/t12-,13+,15+/m1/s1. The first-order valence-electron chi connectivity index (χ1n) is 6.23. The molecule has 88 valence electrons. The number of carbonyl (C=O) groups is 1. The van der Waals surface area contributed by atoms with Gasteiger partial charge in [-0.15, -0.1) is 0 Å². The van der Waals surface area contributed by atoms with Gasteiger partial charge in [0.25, 0.3) is 0 Å². The summed E-state index contributed by atoms with van der Waals surface area (Å²) in [6, 6.07) is 10.2. The molecule has 0 heterocycles. The van der Waals surface area contributed by atoms with Crippen molar-refractivity contribution in [3.05, 3.63) is 48.0 Å². The van der Waals surface area contributed by atoms with Gasteiger partial charge in [0, 0.05) is 0 Å². The second-order valence-corrected chi connectivity index (χ2v) is 5.37. The minimum atomic E-state index is -0.333. The maximum Gasteiger partial charge on any atom is 0.224 e. The lowest BCUT2D eigenvalue weighted by molar-refractivity contribution is -0.129. The Balaban J connectivity index is 1.92. The van der Waals surface area contributed by atoms with Crippen LogP contribution in [-0.2, 0) is 11.2 Å². The van der Waals surface area contributed by atoms with Gasteiger partial charge in [-0.05, 0) is 36.7 Å².